The van der Waals surface area contributed by atoms with Crippen molar-refractivity contribution in [2.24, 2.45) is 5.92 Å². The van der Waals surface area contributed by atoms with Gasteiger partial charge in [0.15, 0.2) is 0 Å². The average molecular weight is 289 g/mol. The topological polar surface area (TPSA) is 66.8 Å². The van der Waals surface area contributed by atoms with Gasteiger partial charge in [-0.1, -0.05) is 0 Å². The minimum atomic E-state index is -0.976. The fourth-order valence-corrected chi connectivity index (χ4v) is 2.71. The van der Waals surface area contributed by atoms with Crippen molar-refractivity contribution in [2.75, 3.05) is 19.8 Å². The molecule has 1 saturated heterocycles. The summed E-state index contributed by atoms with van der Waals surface area (Å²) in [5.74, 6) is -0.551. The zero-order valence-corrected chi connectivity index (χ0v) is 11.8. The molecule has 112 valence electrons. The molecule has 5 nitrogen and oxygen atoms in total. The summed E-state index contributed by atoms with van der Waals surface area (Å²) in [5, 5.41) is 8.90. The summed E-state index contributed by atoms with van der Waals surface area (Å²) in [6.07, 6.45) is 3.13. The van der Waals surface area contributed by atoms with Crippen molar-refractivity contribution >= 4 is 11.9 Å². The monoisotopic (exact) mass is 289 g/mol. The number of nitrogens with zero attached hydrogens (tertiary/aromatic N) is 1. The van der Waals surface area contributed by atoms with Gasteiger partial charge < -0.3 is 14.7 Å². The van der Waals surface area contributed by atoms with Crippen LogP contribution in [0, 0.1) is 5.92 Å². The van der Waals surface area contributed by atoms with Crippen molar-refractivity contribution in [3.05, 3.63) is 35.4 Å². The van der Waals surface area contributed by atoms with Gasteiger partial charge in [0.2, 0.25) is 0 Å². The molecular weight excluding hydrogens is 270 g/mol. The van der Waals surface area contributed by atoms with Gasteiger partial charge >= 0.3 is 5.97 Å². The molecule has 1 heterocycles. The molecule has 0 spiro atoms. The third-order valence-electron chi connectivity index (χ3n) is 4.11. The van der Waals surface area contributed by atoms with Crippen molar-refractivity contribution in [1.82, 2.24) is 4.90 Å². The Labute approximate surface area is 123 Å². The average Bonchev–Trinajstić information content (AvgIpc) is 3.20. The van der Waals surface area contributed by atoms with E-state index >= 15 is 0 Å². The Morgan fingerprint density at radius 1 is 1.14 bits per heavy atom. The van der Waals surface area contributed by atoms with E-state index in [0.717, 1.165) is 39.0 Å². The first-order valence-electron chi connectivity index (χ1n) is 7.37. The van der Waals surface area contributed by atoms with Crippen LogP contribution in [0.4, 0.5) is 0 Å². The lowest BCUT2D eigenvalue weighted by atomic mass is 10.1. The number of ether oxygens (including phenoxy) is 1. The van der Waals surface area contributed by atoms with Gasteiger partial charge in [-0.2, -0.15) is 0 Å². The molecule has 0 radical (unpaired) electrons. The molecule has 1 aliphatic carbocycles. The van der Waals surface area contributed by atoms with E-state index in [4.69, 9.17) is 9.84 Å². The second-order valence-corrected chi connectivity index (χ2v) is 5.80. The van der Waals surface area contributed by atoms with E-state index in [1.165, 1.54) is 12.1 Å². The van der Waals surface area contributed by atoms with Crippen LogP contribution in [0.1, 0.15) is 40.0 Å². The van der Waals surface area contributed by atoms with E-state index < -0.39 is 5.97 Å². The SMILES string of the molecule is O=C(O)c1ccc(C(=O)N(CC2CCOC2)C2CC2)cc1. The van der Waals surface area contributed by atoms with E-state index in [0.29, 0.717) is 17.5 Å². The maximum Gasteiger partial charge on any atom is 0.335 e. The molecule has 1 aromatic rings. The fraction of sp³-hybridized carbons (Fsp3) is 0.500. The number of carboxylic acids is 1. The smallest absolute Gasteiger partial charge is 0.335 e. The van der Waals surface area contributed by atoms with Crippen LogP contribution in [0.3, 0.4) is 0 Å². The Hall–Kier alpha value is -1.88. The van der Waals surface area contributed by atoms with Gasteiger partial charge in [0, 0.05) is 30.7 Å². The molecular formula is C16H19NO4. The second-order valence-electron chi connectivity index (χ2n) is 5.80. The van der Waals surface area contributed by atoms with Crippen molar-refractivity contribution in [2.45, 2.75) is 25.3 Å². The molecule has 1 saturated carbocycles. The van der Waals surface area contributed by atoms with Gasteiger partial charge in [0.05, 0.1) is 12.2 Å². The molecule has 1 aromatic carbocycles. The predicted molar refractivity (Wildman–Crippen MR) is 76.4 cm³/mol. The number of rotatable bonds is 5. The highest BCUT2D eigenvalue weighted by Crippen LogP contribution is 2.30. The first kappa shape index (κ1) is 14.1. The van der Waals surface area contributed by atoms with Crippen LogP contribution in [0.2, 0.25) is 0 Å². The number of benzene rings is 1. The summed E-state index contributed by atoms with van der Waals surface area (Å²) in [4.78, 5) is 25.4. The number of hydrogen-bond donors (Lipinski definition) is 1. The second kappa shape index (κ2) is 5.85. The Morgan fingerprint density at radius 2 is 1.81 bits per heavy atom. The molecule has 2 fully saturated rings. The molecule has 21 heavy (non-hydrogen) atoms. The van der Waals surface area contributed by atoms with Crippen LogP contribution in [0.15, 0.2) is 24.3 Å². The molecule has 1 N–H and O–H groups in total. The van der Waals surface area contributed by atoms with Crippen LogP contribution >= 0.6 is 0 Å². The van der Waals surface area contributed by atoms with E-state index in [1.54, 1.807) is 12.1 Å². The van der Waals surface area contributed by atoms with Gasteiger partial charge in [-0.05, 0) is 43.5 Å². The van der Waals surface area contributed by atoms with Crippen LogP contribution < -0.4 is 0 Å². The lowest BCUT2D eigenvalue weighted by molar-refractivity contribution is 0.0687. The van der Waals surface area contributed by atoms with Crippen LogP contribution in [-0.2, 0) is 4.74 Å². The largest absolute Gasteiger partial charge is 0.478 e. The number of aromatic carboxylic acids is 1. The van der Waals surface area contributed by atoms with Gasteiger partial charge in [0.1, 0.15) is 0 Å². The molecule has 1 aliphatic heterocycles. The van der Waals surface area contributed by atoms with Crippen LogP contribution in [0.5, 0.6) is 0 Å². The quantitative estimate of drug-likeness (QED) is 0.900. The fourth-order valence-electron chi connectivity index (χ4n) is 2.71. The number of carboxylic acid groups (broad SMARTS) is 1. The number of carbonyl (C=O) groups excluding carboxylic acids is 1. The maximum absolute atomic E-state index is 12.6. The highest BCUT2D eigenvalue weighted by Gasteiger charge is 2.35. The number of carbonyl (C=O) groups is 2. The minimum absolute atomic E-state index is 0.00124. The summed E-state index contributed by atoms with van der Waals surface area (Å²) in [6, 6.07) is 6.52. The summed E-state index contributed by atoms with van der Waals surface area (Å²) < 4.78 is 5.38. The first-order valence-corrected chi connectivity index (χ1v) is 7.37. The van der Waals surface area contributed by atoms with Crippen molar-refractivity contribution in [3.8, 4) is 0 Å². The van der Waals surface area contributed by atoms with Gasteiger partial charge in [-0.3, -0.25) is 4.79 Å². The van der Waals surface area contributed by atoms with Crippen molar-refractivity contribution in [3.63, 3.8) is 0 Å². The third kappa shape index (κ3) is 3.24. The summed E-state index contributed by atoms with van der Waals surface area (Å²) in [6.45, 7) is 2.25. The zero-order valence-electron chi connectivity index (χ0n) is 11.8. The van der Waals surface area contributed by atoms with E-state index in [-0.39, 0.29) is 11.5 Å². The molecule has 2 aliphatic rings. The highest BCUT2D eigenvalue weighted by molar-refractivity contribution is 5.96. The van der Waals surface area contributed by atoms with E-state index in [9.17, 15) is 9.59 Å². The van der Waals surface area contributed by atoms with Gasteiger partial charge in [-0.15, -0.1) is 0 Å². The molecule has 1 atom stereocenters. The molecule has 5 heteroatoms. The lowest BCUT2D eigenvalue weighted by Gasteiger charge is -2.25. The van der Waals surface area contributed by atoms with Gasteiger partial charge in [0.25, 0.3) is 5.91 Å². The number of amides is 1. The summed E-state index contributed by atoms with van der Waals surface area (Å²) >= 11 is 0. The molecule has 1 amide bonds. The highest BCUT2D eigenvalue weighted by atomic mass is 16.5. The third-order valence-corrected chi connectivity index (χ3v) is 4.11. The van der Waals surface area contributed by atoms with Crippen LogP contribution in [-0.4, -0.2) is 47.7 Å². The van der Waals surface area contributed by atoms with Crippen molar-refractivity contribution < 1.29 is 19.4 Å². The molecule has 0 bridgehead atoms. The molecule has 0 aromatic heterocycles. The summed E-state index contributed by atoms with van der Waals surface area (Å²) in [7, 11) is 0. The molecule has 1 unspecified atom stereocenters. The zero-order chi connectivity index (χ0) is 14.8. The Kier molecular flexibility index (Phi) is 3.92. The minimum Gasteiger partial charge on any atom is -0.478 e. The standard InChI is InChI=1S/C16H19NO4/c18-15(12-1-3-13(4-2-12)16(19)20)17(14-5-6-14)9-11-7-8-21-10-11/h1-4,11,14H,5-10H2,(H,19,20). The van der Waals surface area contributed by atoms with Crippen molar-refractivity contribution in [1.29, 1.82) is 0 Å². The van der Waals surface area contributed by atoms with E-state index in [2.05, 4.69) is 0 Å². The van der Waals surface area contributed by atoms with Gasteiger partial charge in [-0.25, -0.2) is 4.79 Å². The first-order chi connectivity index (χ1) is 10.1. The Bertz CT molecular complexity index is 530. The van der Waals surface area contributed by atoms with E-state index in [1.807, 2.05) is 4.90 Å². The predicted octanol–water partition coefficient (Wildman–Crippen LogP) is 2.03. The Morgan fingerprint density at radius 3 is 2.33 bits per heavy atom. The summed E-state index contributed by atoms with van der Waals surface area (Å²) in [5.41, 5.74) is 0.763. The molecule has 3 rings (SSSR count). The normalized spacial score (nSPS) is 21.2. The Balaban J connectivity index is 1.72. The maximum atomic E-state index is 12.6. The lowest BCUT2D eigenvalue weighted by Crippen LogP contribution is -2.37. The number of hydrogen-bond acceptors (Lipinski definition) is 3. The van der Waals surface area contributed by atoms with Crippen LogP contribution in [0.25, 0.3) is 0 Å².